The minimum Gasteiger partial charge on any atom is -0.549 e. The summed E-state index contributed by atoms with van der Waals surface area (Å²) in [7, 11) is 1.46. The van der Waals surface area contributed by atoms with Crippen LogP contribution in [0.5, 0.6) is 0 Å². The molecule has 0 saturated carbocycles. The second kappa shape index (κ2) is 17.4. The van der Waals surface area contributed by atoms with Gasteiger partial charge in [-0.1, -0.05) is 47.8 Å². The van der Waals surface area contributed by atoms with Crippen LogP contribution in [0.4, 0.5) is 0 Å². The van der Waals surface area contributed by atoms with Crippen molar-refractivity contribution in [3.8, 4) is 0 Å². The fourth-order valence-corrected chi connectivity index (χ4v) is 4.84. The Kier molecular flexibility index (Phi) is 15.1. The van der Waals surface area contributed by atoms with Gasteiger partial charge in [-0.25, -0.2) is 9.97 Å². The third-order valence-corrected chi connectivity index (χ3v) is 7.02. The number of carbonyl (C=O) groups excluding carboxylic acids is 3. The first-order valence-electron chi connectivity index (χ1n) is 11.7. The quantitative estimate of drug-likeness (QED) is 0.135. The first-order chi connectivity index (χ1) is 18.7. The van der Waals surface area contributed by atoms with Crippen LogP contribution >= 0.6 is 23.5 Å². The van der Waals surface area contributed by atoms with Crippen molar-refractivity contribution in [2.45, 2.75) is 40.7 Å². The van der Waals surface area contributed by atoms with E-state index in [0.29, 0.717) is 28.7 Å². The summed E-state index contributed by atoms with van der Waals surface area (Å²) >= 11 is 1.80. The molecule has 4 rings (SSSR count). The van der Waals surface area contributed by atoms with Crippen LogP contribution in [0.15, 0.2) is 67.8 Å². The van der Waals surface area contributed by atoms with Crippen LogP contribution in [-0.4, -0.2) is 62.9 Å². The van der Waals surface area contributed by atoms with Crippen molar-refractivity contribution in [2.75, 3.05) is 13.6 Å². The van der Waals surface area contributed by atoms with E-state index >= 15 is 0 Å². The van der Waals surface area contributed by atoms with Gasteiger partial charge >= 0.3 is 5.97 Å². The Labute approximate surface area is 255 Å². The number of nitrogens with zero attached hydrogens (tertiary/aromatic N) is 2. The average molecular weight is 656 g/mol. The molecule has 216 valence electrons. The fourth-order valence-electron chi connectivity index (χ4n) is 3.11. The number of carboxylic acid groups (broad SMARTS) is 2. The van der Waals surface area contributed by atoms with Gasteiger partial charge < -0.3 is 40.6 Å². The Hall–Kier alpha value is -3.46. The number of oxazole rings is 2. The van der Waals surface area contributed by atoms with E-state index in [1.54, 1.807) is 43.3 Å². The molecule has 2 heterocycles. The number of para-hydroxylation sites is 4. The van der Waals surface area contributed by atoms with Crippen molar-refractivity contribution >= 4 is 69.5 Å². The monoisotopic (exact) mass is 654 g/mol. The van der Waals surface area contributed by atoms with Gasteiger partial charge in [0.2, 0.25) is 11.8 Å². The van der Waals surface area contributed by atoms with Gasteiger partial charge in [-0.15, -0.1) is 0 Å². The van der Waals surface area contributed by atoms with Crippen molar-refractivity contribution in [3.05, 3.63) is 48.5 Å². The molecule has 4 aromatic rings. The zero-order valence-electron chi connectivity index (χ0n) is 22.3. The van der Waals surface area contributed by atoms with Crippen LogP contribution in [0.3, 0.4) is 0 Å². The van der Waals surface area contributed by atoms with Crippen molar-refractivity contribution < 1.29 is 57.7 Å². The summed E-state index contributed by atoms with van der Waals surface area (Å²) in [5.74, 6) is -3.07. The number of fused-ring (bicyclic) bond motifs is 2. The molecular weight excluding hydrogens is 628 g/mol. The van der Waals surface area contributed by atoms with E-state index in [1.165, 1.54) is 7.05 Å². The van der Waals surface area contributed by atoms with Crippen molar-refractivity contribution in [3.63, 3.8) is 0 Å². The second-order valence-electron chi connectivity index (χ2n) is 7.80. The fraction of sp³-hybridized carbons (Fsp3) is 0.280. The van der Waals surface area contributed by atoms with E-state index in [1.807, 2.05) is 12.1 Å². The van der Waals surface area contributed by atoms with Crippen LogP contribution < -0.4 is 21.9 Å². The molecule has 2 aromatic heterocycles. The standard InChI is InChI=1S/C13H14N2O4S.C12H12N2O4S.H3N.Zn/c1-2-14-11(16)7-10(12(17)18)20-13-15-8-5-3-4-6-9(8)19-13;1-13-10(15)6-9(11(16)17)19-12-14-7-4-2-3-5-8(7)18-12;;/h3-6,10H,2,7H2,1H3,(H,14,16)(H,17,18);2-5,9H,6H2,1H3,(H,13,15)(H,16,17);1H3;/p-1. The van der Waals surface area contributed by atoms with E-state index in [9.17, 15) is 24.3 Å². The van der Waals surface area contributed by atoms with Gasteiger partial charge in [0.1, 0.15) is 16.3 Å². The van der Waals surface area contributed by atoms with E-state index in [0.717, 1.165) is 23.5 Å². The molecule has 0 aliphatic carbocycles. The van der Waals surface area contributed by atoms with Gasteiger partial charge in [-0.05, 0) is 31.2 Å². The number of aliphatic carboxylic acids is 2. The maximum atomic E-state index is 11.5. The molecule has 2 atom stereocenters. The minimum atomic E-state index is -1.32. The SMILES string of the molecule is CCNC(=O)CC(Sc1nc2ccccc2o1)C(=O)[O-].CNC(=O)CC(Sc1nc2ccccc2o1)C(=O)O.N.[Zn]. The average Bonchev–Trinajstić information content (AvgIpc) is 3.51. The molecule has 0 aliphatic rings. The summed E-state index contributed by atoms with van der Waals surface area (Å²) in [6.07, 6.45) is -0.311. The van der Waals surface area contributed by atoms with E-state index in [-0.39, 0.29) is 60.7 Å². The minimum absolute atomic E-state index is 0. The number of nitrogens with one attached hydrogen (secondary N) is 2. The number of rotatable bonds is 11. The zero-order chi connectivity index (χ0) is 28.4. The first-order valence-corrected chi connectivity index (χ1v) is 13.4. The van der Waals surface area contributed by atoms with Gasteiger partial charge in [0.25, 0.3) is 10.4 Å². The van der Waals surface area contributed by atoms with Gasteiger partial charge in [0.05, 0.1) is 11.2 Å². The Bertz CT molecular complexity index is 1400. The topological polar surface area (TPSA) is 223 Å². The molecule has 13 nitrogen and oxygen atoms in total. The number of aromatic nitrogens is 2. The molecule has 0 aliphatic heterocycles. The third-order valence-electron chi connectivity index (χ3n) is 4.97. The molecule has 0 saturated heterocycles. The van der Waals surface area contributed by atoms with E-state index in [4.69, 9.17) is 13.9 Å². The number of hydrogen-bond acceptors (Lipinski definition) is 12. The molecule has 0 radical (unpaired) electrons. The van der Waals surface area contributed by atoms with Crippen LogP contribution in [0.25, 0.3) is 22.2 Å². The number of carboxylic acids is 2. The molecule has 2 aromatic carbocycles. The molecule has 0 bridgehead atoms. The summed E-state index contributed by atoms with van der Waals surface area (Å²) in [5.41, 5.74) is 2.47. The molecule has 0 fully saturated rings. The van der Waals surface area contributed by atoms with Gasteiger partial charge in [0.15, 0.2) is 11.2 Å². The Morgan fingerprint density at radius 1 is 0.878 bits per heavy atom. The van der Waals surface area contributed by atoms with E-state index < -0.39 is 22.4 Å². The van der Waals surface area contributed by atoms with Gasteiger partial charge in [-0.2, -0.15) is 0 Å². The molecule has 2 amide bonds. The number of amides is 2. The first kappa shape index (κ1) is 35.6. The van der Waals surface area contributed by atoms with Gasteiger partial charge in [0, 0.05) is 45.9 Å². The number of benzene rings is 2. The molecule has 0 spiro atoms. The molecule has 41 heavy (non-hydrogen) atoms. The molecule has 16 heteroatoms. The van der Waals surface area contributed by atoms with Crippen LogP contribution in [0.1, 0.15) is 19.8 Å². The Morgan fingerprint density at radius 2 is 1.34 bits per heavy atom. The van der Waals surface area contributed by atoms with Crippen LogP contribution in [-0.2, 0) is 38.7 Å². The largest absolute Gasteiger partial charge is 0.549 e. The molecule has 6 N–H and O–H groups in total. The number of thioether (sulfide) groups is 2. The summed E-state index contributed by atoms with van der Waals surface area (Å²) in [6.45, 7) is 2.21. The van der Waals surface area contributed by atoms with Crippen molar-refractivity contribution in [1.82, 2.24) is 26.8 Å². The number of carbonyl (C=O) groups is 4. The molecular formula is C25H28N5O8S2Zn-. The second-order valence-corrected chi connectivity index (χ2v) is 10.1. The number of hydrogen-bond donors (Lipinski definition) is 4. The molecule has 2 unspecified atom stereocenters. The van der Waals surface area contributed by atoms with Crippen molar-refractivity contribution in [2.24, 2.45) is 0 Å². The summed E-state index contributed by atoms with van der Waals surface area (Å²) < 4.78 is 10.8. The van der Waals surface area contributed by atoms with E-state index in [2.05, 4.69) is 20.6 Å². The predicted octanol–water partition coefficient (Wildman–Crippen LogP) is 2.23. The normalized spacial score (nSPS) is 11.7. The Morgan fingerprint density at radius 3 is 1.76 bits per heavy atom. The third kappa shape index (κ3) is 10.8. The summed E-state index contributed by atoms with van der Waals surface area (Å²) in [5, 5.41) is 23.6. The predicted molar refractivity (Wildman–Crippen MR) is 147 cm³/mol. The summed E-state index contributed by atoms with van der Waals surface area (Å²) in [6, 6.07) is 14.3. The van der Waals surface area contributed by atoms with Crippen LogP contribution in [0, 0.1) is 0 Å². The zero-order valence-corrected chi connectivity index (χ0v) is 26.9. The van der Waals surface area contributed by atoms with Crippen LogP contribution in [0.2, 0.25) is 0 Å². The smallest absolute Gasteiger partial charge is 0.317 e. The Balaban J connectivity index is 0.000000391. The maximum absolute atomic E-state index is 11.5. The maximum Gasteiger partial charge on any atom is 0.317 e. The van der Waals surface area contributed by atoms with Gasteiger partial charge in [-0.3, -0.25) is 14.4 Å². The van der Waals surface area contributed by atoms with Crippen molar-refractivity contribution in [1.29, 1.82) is 0 Å². The summed E-state index contributed by atoms with van der Waals surface area (Å²) in [4.78, 5) is 53.2.